The molecule has 0 radical (unpaired) electrons. The van der Waals surface area contributed by atoms with Gasteiger partial charge in [0.2, 0.25) is 11.7 Å². The van der Waals surface area contributed by atoms with Crippen molar-refractivity contribution in [3.05, 3.63) is 35.7 Å². The van der Waals surface area contributed by atoms with E-state index in [1.165, 1.54) is 7.11 Å². The third-order valence-corrected chi connectivity index (χ3v) is 3.39. The molecule has 0 aliphatic carbocycles. The Labute approximate surface area is 124 Å². The molecule has 116 valence electrons. The molecule has 22 heavy (non-hydrogen) atoms. The van der Waals surface area contributed by atoms with Gasteiger partial charge in [-0.05, 0) is 12.1 Å². The van der Waals surface area contributed by atoms with Crippen molar-refractivity contribution in [3.63, 3.8) is 0 Å². The number of nitrogens with zero attached hydrogens (tertiary/aromatic N) is 2. The molecule has 1 aromatic carbocycles. The van der Waals surface area contributed by atoms with Gasteiger partial charge in [0.05, 0.1) is 25.3 Å². The lowest BCUT2D eigenvalue weighted by Gasteiger charge is -2.04. The fourth-order valence-corrected chi connectivity index (χ4v) is 2.29. The Morgan fingerprint density at radius 3 is 3.00 bits per heavy atom. The molecule has 2 aromatic rings. The van der Waals surface area contributed by atoms with E-state index in [4.69, 9.17) is 4.52 Å². The second-order valence-corrected chi connectivity index (χ2v) is 5.02. The van der Waals surface area contributed by atoms with Crippen molar-refractivity contribution >= 4 is 5.97 Å². The molecule has 1 N–H and O–H groups in total. The maximum atomic E-state index is 13.2. The second-order valence-electron chi connectivity index (χ2n) is 5.02. The minimum absolute atomic E-state index is 0.107. The first-order valence-corrected chi connectivity index (χ1v) is 6.62. The number of esters is 1. The van der Waals surface area contributed by atoms with Gasteiger partial charge in [-0.2, -0.15) is 4.98 Å². The number of ether oxygens (including phenoxy) is 1. The number of halogens is 2. The first kappa shape index (κ1) is 14.6. The topological polar surface area (TPSA) is 77.2 Å². The van der Waals surface area contributed by atoms with E-state index in [9.17, 15) is 13.6 Å². The average Bonchev–Trinajstić information content (AvgIpc) is 3.13. The minimum atomic E-state index is -2.77. The predicted molar refractivity (Wildman–Crippen MR) is 71.4 cm³/mol. The number of aromatic nitrogens is 2. The number of methoxy groups -OCH3 is 1. The molecular weight excluding hydrogens is 296 g/mol. The lowest BCUT2D eigenvalue weighted by atomic mass is 10.1. The minimum Gasteiger partial charge on any atom is -0.465 e. The molecule has 1 saturated heterocycles. The molecule has 1 unspecified atom stereocenters. The Morgan fingerprint density at radius 2 is 2.32 bits per heavy atom. The van der Waals surface area contributed by atoms with E-state index in [0.717, 1.165) is 0 Å². The Morgan fingerprint density at radius 1 is 1.50 bits per heavy atom. The highest BCUT2D eigenvalue weighted by molar-refractivity contribution is 5.90. The van der Waals surface area contributed by atoms with E-state index in [2.05, 4.69) is 20.2 Å². The van der Waals surface area contributed by atoms with E-state index in [1.807, 2.05) is 0 Å². The summed E-state index contributed by atoms with van der Waals surface area (Å²) in [6.07, 6.45) is -0.378. The molecule has 0 saturated carbocycles. The number of nitrogens with one attached hydrogen (secondary N) is 1. The van der Waals surface area contributed by atoms with Crippen LogP contribution in [0, 0.1) is 0 Å². The van der Waals surface area contributed by atoms with Gasteiger partial charge < -0.3 is 9.26 Å². The van der Waals surface area contributed by atoms with Crippen LogP contribution in [0.15, 0.2) is 28.8 Å². The quantitative estimate of drug-likeness (QED) is 0.876. The van der Waals surface area contributed by atoms with Gasteiger partial charge in [-0.15, -0.1) is 0 Å². The monoisotopic (exact) mass is 309 g/mol. The Bertz CT molecular complexity index is 702. The molecule has 1 aromatic heterocycles. The van der Waals surface area contributed by atoms with Gasteiger partial charge in [0, 0.05) is 12.0 Å². The van der Waals surface area contributed by atoms with E-state index in [-0.39, 0.29) is 18.1 Å². The number of hydrogen-bond acceptors (Lipinski definition) is 6. The maximum Gasteiger partial charge on any atom is 0.337 e. The van der Waals surface area contributed by atoms with Gasteiger partial charge in [0.25, 0.3) is 5.92 Å². The van der Waals surface area contributed by atoms with E-state index < -0.39 is 24.5 Å². The second kappa shape index (κ2) is 5.45. The molecule has 1 atom stereocenters. The number of carbonyl (C=O) groups is 1. The molecule has 1 fully saturated rings. The van der Waals surface area contributed by atoms with Gasteiger partial charge in [-0.25, -0.2) is 13.6 Å². The molecule has 1 aliphatic rings. The fraction of sp³-hybridized carbons (Fsp3) is 0.357. The average molecular weight is 309 g/mol. The highest BCUT2D eigenvalue weighted by Crippen LogP contribution is 2.33. The summed E-state index contributed by atoms with van der Waals surface area (Å²) >= 11 is 0. The SMILES string of the molecule is COC(=O)c1cccc(-c2noc(C3CC(F)(F)CN3)n2)c1. The third-order valence-electron chi connectivity index (χ3n) is 3.39. The Balaban J connectivity index is 1.84. The van der Waals surface area contributed by atoms with Crippen LogP contribution in [0.5, 0.6) is 0 Å². The van der Waals surface area contributed by atoms with Crippen molar-refractivity contribution in [3.8, 4) is 11.4 Å². The summed E-state index contributed by atoms with van der Waals surface area (Å²) in [6.45, 7) is -0.410. The third kappa shape index (κ3) is 2.82. The summed E-state index contributed by atoms with van der Waals surface area (Å²) in [7, 11) is 1.29. The number of benzene rings is 1. The van der Waals surface area contributed by atoms with Gasteiger partial charge >= 0.3 is 5.97 Å². The standard InChI is InChI=1S/C14H13F2N3O3/c1-21-13(20)9-4-2-3-8(5-9)11-18-12(22-19-11)10-6-14(15,16)7-17-10/h2-5,10,17H,6-7H2,1H3. The van der Waals surface area contributed by atoms with Gasteiger partial charge in [-0.1, -0.05) is 17.3 Å². The van der Waals surface area contributed by atoms with Crippen LogP contribution in [0.2, 0.25) is 0 Å². The van der Waals surface area contributed by atoms with Crippen molar-refractivity contribution < 1.29 is 22.8 Å². The number of alkyl halides is 2. The molecule has 2 heterocycles. The largest absolute Gasteiger partial charge is 0.465 e. The zero-order chi connectivity index (χ0) is 15.7. The first-order chi connectivity index (χ1) is 10.5. The predicted octanol–water partition coefficient (Wildman–Crippen LogP) is 2.19. The van der Waals surface area contributed by atoms with Crippen LogP contribution in [0.3, 0.4) is 0 Å². The Hall–Kier alpha value is -2.35. The van der Waals surface area contributed by atoms with E-state index in [0.29, 0.717) is 11.1 Å². The lowest BCUT2D eigenvalue weighted by molar-refractivity contribution is 0.0200. The van der Waals surface area contributed by atoms with E-state index in [1.54, 1.807) is 24.3 Å². The summed E-state index contributed by atoms with van der Waals surface area (Å²) < 4.78 is 36.1. The molecule has 0 bridgehead atoms. The van der Waals surface area contributed by atoms with Crippen LogP contribution < -0.4 is 5.32 Å². The molecule has 0 amide bonds. The Kier molecular flexibility index (Phi) is 3.61. The van der Waals surface area contributed by atoms with Crippen molar-refractivity contribution in [2.45, 2.75) is 18.4 Å². The lowest BCUT2D eigenvalue weighted by Crippen LogP contribution is -2.19. The van der Waals surface area contributed by atoms with Crippen molar-refractivity contribution in [2.75, 3.05) is 13.7 Å². The van der Waals surface area contributed by atoms with Gasteiger partial charge in [0.15, 0.2) is 0 Å². The summed E-state index contributed by atoms with van der Waals surface area (Å²) in [6, 6.07) is 5.82. The summed E-state index contributed by atoms with van der Waals surface area (Å²) in [4.78, 5) is 15.6. The van der Waals surface area contributed by atoms with Crippen LogP contribution in [0.25, 0.3) is 11.4 Å². The smallest absolute Gasteiger partial charge is 0.337 e. The normalized spacial score (nSPS) is 20.0. The van der Waals surface area contributed by atoms with Gasteiger partial charge in [0.1, 0.15) is 0 Å². The molecule has 1 aliphatic heterocycles. The maximum absolute atomic E-state index is 13.2. The zero-order valence-corrected chi connectivity index (χ0v) is 11.7. The summed E-state index contributed by atoms with van der Waals surface area (Å²) in [5, 5.41) is 6.43. The van der Waals surface area contributed by atoms with Crippen LogP contribution in [-0.4, -0.2) is 35.7 Å². The highest BCUT2D eigenvalue weighted by atomic mass is 19.3. The molecular formula is C14H13F2N3O3. The van der Waals surface area contributed by atoms with Crippen molar-refractivity contribution in [1.82, 2.24) is 15.5 Å². The van der Waals surface area contributed by atoms with Crippen molar-refractivity contribution in [2.24, 2.45) is 0 Å². The first-order valence-electron chi connectivity index (χ1n) is 6.62. The molecule has 6 nitrogen and oxygen atoms in total. The zero-order valence-electron chi connectivity index (χ0n) is 11.7. The van der Waals surface area contributed by atoms with Crippen LogP contribution in [0.4, 0.5) is 8.78 Å². The van der Waals surface area contributed by atoms with Crippen molar-refractivity contribution in [1.29, 1.82) is 0 Å². The molecule has 8 heteroatoms. The molecule has 0 spiro atoms. The summed E-state index contributed by atoms with van der Waals surface area (Å²) in [5.74, 6) is -2.92. The molecule has 3 rings (SSSR count). The number of carbonyl (C=O) groups excluding carboxylic acids is 1. The highest BCUT2D eigenvalue weighted by Gasteiger charge is 2.42. The summed E-state index contributed by atoms with van der Waals surface area (Å²) in [5.41, 5.74) is 0.888. The number of rotatable bonds is 3. The number of hydrogen-bond donors (Lipinski definition) is 1. The van der Waals surface area contributed by atoms with Crippen LogP contribution in [0.1, 0.15) is 28.7 Å². The van der Waals surface area contributed by atoms with Crippen LogP contribution >= 0.6 is 0 Å². The fourth-order valence-electron chi connectivity index (χ4n) is 2.29. The van der Waals surface area contributed by atoms with Crippen LogP contribution in [-0.2, 0) is 4.74 Å². The van der Waals surface area contributed by atoms with Gasteiger partial charge in [-0.3, -0.25) is 5.32 Å². The van der Waals surface area contributed by atoms with E-state index >= 15 is 0 Å².